The van der Waals surface area contributed by atoms with E-state index in [4.69, 9.17) is 19.5 Å². The molecule has 33 heavy (non-hydrogen) atoms. The monoisotopic (exact) mass is 504 g/mol. The summed E-state index contributed by atoms with van der Waals surface area (Å²) in [4.78, 5) is 20.0. The Bertz CT molecular complexity index is 537. The molecule has 0 aliphatic rings. The summed E-state index contributed by atoms with van der Waals surface area (Å²) in [6, 6.07) is 0. The first-order valence-electron chi connectivity index (χ1n) is 11.9. The molecule has 0 aromatic carbocycles. The molecule has 8 nitrogen and oxygen atoms in total. The van der Waals surface area contributed by atoms with Gasteiger partial charge in [-0.2, -0.15) is 14.8 Å². The van der Waals surface area contributed by atoms with Crippen LogP contribution in [0.5, 0.6) is 0 Å². The number of rotatable bonds is 21. The molecule has 0 bridgehead atoms. The number of carbonyl (C=O) groups is 2. The van der Waals surface area contributed by atoms with E-state index in [9.17, 15) is 18.0 Å². The van der Waals surface area contributed by atoms with Crippen LogP contribution in [0, 0.1) is 6.92 Å². The van der Waals surface area contributed by atoms with Crippen LogP contribution in [0.4, 0.5) is 0 Å². The fourth-order valence-corrected chi connectivity index (χ4v) is 3.69. The summed E-state index contributed by atoms with van der Waals surface area (Å²) in [5.41, 5.74) is 0. The molecule has 0 aromatic heterocycles. The zero-order valence-electron chi connectivity index (χ0n) is 20.8. The molecular formula is C23H45NaO8S. The topological polar surface area (TPSA) is 138 Å². The van der Waals surface area contributed by atoms with Gasteiger partial charge in [-0.05, 0) is 6.42 Å². The van der Waals surface area contributed by atoms with Gasteiger partial charge in [0.15, 0.2) is 5.25 Å². The molecule has 192 valence electrons. The van der Waals surface area contributed by atoms with E-state index < -0.39 is 33.7 Å². The number of carboxylic acid groups (broad SMARTS) is 2. The third kappa shape index (κ3) is 29.8. The molecule has 10 heteroatoms. The number of aliphatic carboxylic acids is 2. The van der Waals surface area contributed by atoms with Gasteiger partial charge in [-0.15, -0.1) is 0 Å². The molecule has 0 fully saturated rings. The molecule has 1 unspecified atom stereocenters. The third-order valence-electron chi connectivity index (χ3n) is 4.93. The average Bonchev–Trinajstić information content (AvgIpc) is 2.71. The molecule has 0 aliphatic heterocycles. The van der Waals surface area contributed by atoms with E-state index in [1.54, 1.807) is 0 Å². The van der Waals surface area contributed by atoms with Crippen molar-refractivity contribution in [1.29, 1.82) is 0 Å². The average molecular weight is 505 g/mol. The summed E-state index contributed by atoms with van der Waals surface area (Å²) in [5, 5.41) is 13.9. The number of unbranched alkanes of at least 4 members (excludes halogenated alkanes) is 13. The molecule has 0 saturated heterocycles. The Kier molecular flexibility index (Phi) is 29.9. The second-order valence-electron chi connectivity index (χ2n) is 8.00. The van der Waals surface area contributed by atoms with Gasteiger partial charge in [0, 0.05) is 13.2 Å². The van der Waals surface area contributed by atoms with Crippen molar-refractivity contribution in [3.05, 3.63) is 6.92 Å². The van der Waals surface area contributed by atoms with E-state index in [0.29, 0.717) is 0 Å². The summed E-state index contributed by atoms with van der Waals surface area (Å²) in [5.74, 6) is -3.50. The predicted molar refractivity (Wildman–Crippen MR) is 126 cm³/mol. The number of carboxylic acids is 2. The Morgan fingerprint density at radius 1 is 0.788 bits per heavy atom. The summed E-state index contributed by atoms with van der Waals surface area (Å²) < 4.78 is 34.1. The van der Waals surface area contributed by atoms with Gasteiger partial charge in [0.2, 0.25) is 0 Å². The molecule has 0 radical (unpaired) electrons. The second-order valence-corrected chi connectivity index (χ2v) is 9.60. The maximum atomic E-state index is 10.2. The van der Waals surface area contributed by atoms with Crippen LogP contribution in [0.25, 0.3) is 0 Å². The van der Waals surface area contributed by atoms with Crippen molar-refractivity contribution in [3.63, 3.8) is 0 Å². The first kappa shape index (κ1) is 37.4. The van der Waals surface area contributed by atoms with Crippen LogP contribution in [0.3, 0.4) is 0 Å². The predicted octanol–water partition coefficient (Wildman–Crippen LogP) is 2.51. The van der Waals surface area contributed by atoms with Crippen molar-refractivity contribution in [1.82, 2.24) is 0 Å². The normalized spacial score (nSPS) is 11.7. The fraction of sp³-hybridized carbons (Fsp3) is 0.870. The molecule has 0 saturated carbocycles. The Balaban J connectivity index is -0.000000596. The van der Waals surface area contributed by atoms with Crippen LogP contribution in [0.1, 0.15) is 110 Å². The van der Waals surface area contributed by atoms with Gasteiger partial charge in [0.25, 0.3) is 10.1 Å². The molecule has 0 aromatic rings. The van der Waals surface area contributed by atoms with E-state index in [0.717, 1.165) is 19.6 Å². The van der Waals surface area contributed by atoms with Crippen molar-refractivity contribution in [2.24, 2.45) is 0 Å². The molecule has 0 rings (SSSR count). The smallest absolute Gasteiger partial charge is 0.481 e. The Labute approximate surface area is 223 Å². The Morgan fingerprint density at radius 3 is 1.45 bits per heavy atom. The van der Waals surface area contributed by atoms with Crippen LogP contribution in [-0.2, 0) is 24.4 Å². The van der Waals surface area contributed by atoms with Gasteiger partial charge < -0.3 is 21.9 Å². The van der Waals surface area contributed by atoms with Gasteiger partial charge >= 0.3 is 41.5 Å². The van der Waals surface area contributed by atoms with Crippen LogP contribution in [0.15, 0.2) is 0 Å². The van der Waals surface area contributed by atoms with Gasteiger partial charge in [-0.1, -0.05) is 90.4 Å². The molecule has 0 spiro atoms. The molecule has 1 atom stereocenters. The minimum Gasteiger partial charge on any atom is -0.481 e. The minimum atomic E-state index is -4.84. The van der Waals surface area contributed by atoms with Crippen LogP contribution in [-0.4, -0.2) is 53.6 Å². The standard InChI is InChI=1S/C19H39O.C4H6O7S.Na/c1-3-5-6-7-8-9-10-11-12-13-14-15-16-17-19-20-18-4-2;5-3(6)1-2(4(7)8)12(9,10)11;/h2-19H2,1H3;2H,1H2,(H,5,6)(H,7,8)(H,9,10,11);/q-1;;+1. The second kappa shape index (κ2) is 26.4. The number of hydrogen-bond acceptors (Lipinski definition) is 5. The maximum Gasteiger partial charge on any atom is 1.00 e. The summed E-state index contributed by atoms with van der Waals surface area (Å²) in [6.07, 6.45) is 19.6. The zero-order valence-corrected chi connectivity index (χ0v) is 23.6. The summed E-state index contributed by atoms with van der Waals surface area (Å²) in [7, 11) is -4.84. The summed E-state index contributed by atoms with van der Waals surface area (Å²) in [6.45, 7) is 7.83. The molecular weight excluding hydrogens is 459 g/mol. The molecule has 3 N–H and O–H groups in total. The molecule has 0 amide bonds. The Hall–Kier alpha value is -0.190. The van der Waals surface area contributed by atoms with Crippen LogP contribution >= 0.6 is 0 Å². The van der Waals surface area contributed by atoms with Crippen molar-refractivity contribution >= 4 is 22.1 Å². The summed E-state index contributed by atoms with van der Waals surface area (Å²) >= 11 is 0. The largest absolute Gasteiger partial charge is 1.00 e. The van der Waals surface area contributed by atoms with Crippen molar-refractivity contribution < 1.29 is 67.1 Å². The molecule has 0 aliphatic carbocycles. The van der Waals surface area contributed by atoms with Crippen LogP contribution in [0.2, 0.25) is 0 Å². The van der Waals surface area contributed by atoms with Crippen molar-refractivity contribution in [2.75, 3.05) is 13.2 Å². The maximum absolute atomic E-state index is 10.2. The minimum absolute atomic E-state index is 0. The first-order valence-corrected chi connectivity index (χ1v) is 13.4. The van der Waals surface area contributed by atoms with Crippen molar-refractivity contribution in [3.8, 4) is 0 Å². The zero-order chi connectivity index (χ0) is 24.7. The van der Waals surface area contributed by atoms with E-state index >= 15 is 0 Å². The van der Waals surface area contributed by atoms with Gasteiger partial charge in [0.05, 0.1) is 6.42 Å². The third-order valence-corrected chi connectivity index (χ3v) is 6.01. The molecule has 0 heterocycles. The quantitative estimate of drug-likeness (QED) is 0.0938. The SMILES string of the molecule is O=C(O)CC(C(=O)O)S(=O)(=O)O.[CH2-]CCOCCCCCCCCCCCCCCCC.[Na+]. The number of ether oxygens (including phenoxy) is 1. The fourth-order valence-electron chi connectivity index (χ4n) is 3.08. The van der Waals surface area contributed by atoms with E-state index in [2.05, 4.69) is 13.8 Å². The van der Waals surface area contributed by atoms with E-state index in [-0.39, 0.29) is 29.6 Å². The van der Waals surface area contributed by atoms with E-state index in [1.165, 1.54) is 89.9 Å². The van der Waals surface area contributed by atoms with Crippen LogP contribution < -0.4 is 29.6 Å². The van der Waals surface area contributed by atoms with Gasteiger partial charge in [-0.25, -0.2) is 0 Å². The Morgan fingerprint density at radius 2 is 1.18 bits per heavy atom. The number of hydrogen-bond donors (Lipinski definition) is 3. The van der Waals surface area contributed by atoms with Gasteiger partial charge in [-0.3, -0.25) is 14.1 Å². The van der Waals surface area contributed by atoms with E-state index in [1.807, 2.05) is 0 Å². The van der Waals surface area contributed by atoms with Gasteiger partial charge in [0.1, 0.15) is 0 Å². The first-order chi connectivity index (χ1) is 15.2. The van der Waals surface area contributed by atoms with Crippen molar-refractivity contribution in [2.45, 2.75) is 115 Å².